The van der Waals surface area contributed by atoms with Gasteiger partial charge in [-0.25, -0.2) is 4.79 Å². The maximum Gasteiger partial charge on any atom is 0.410 e. The van der Waals surface area contributed by atoms with Crippen LogP contribution in [0, 0.1) is 0 Å². The Morgan fingerprint density at radius 1 is 1.06 bits per heavy atom. The number of thiophene rings is 1. The number of anilines is 1. The van der Waals surface area contributed by atoms with Crippen LogP contribution < -0.4 is 11.1 Å². The zero-order valence-corrected chi connectivity index (χ0v) is 19.1. The summed E-state index contributed by atoms with van der Waals surface area (Å²) in [5, 5.41) is 3.26. The van der Waals surface area contributed by atoms with Crippen molar-refractivity contribution in [3.8, 4) is 0 Å². The number of benzene rings is 2. The van der Waals surface area contributed by atoms with Crippen molar-refractivity contribution in [1.82, 2.24) is 4.90 Å². The smallest absolute Gasteiger partial charge is 0.410 e. The fourth-order valence-electron chi connectivity index (χ4n) is 3.90. The highest BCUT2D eigenvalue weighted by molar-refractivity contribution is 7.17. The maximum atomic E-state index is 12.9. The number of fused-ring (bicyclic) bond motifs is 1. The molecule has 0 bridgehead atoms. The van der Waals surface area contributed by atoms with Crippen LogP contribution in [0.2, 0.25) is 0 Å². The number of carbonyl (C=O) groups excluding carboxylic acids is 3. The van der Waals surface area contributed by atoms with E-state index in [0.717, 1.165) is 22.4 Å². The summed E-state index contributed by atoms with van der Waals surface area (Å²) in [5.74, 6) is -0.907. The van der Waals surface area contributed by atoms with E-state index in [9.17, 15) is 14.4 Å². The van der Waals surface area contributed by atoms with Gasteiger partial charge in [-0.2, -0.15) is 0 Å². The standard InChI is InChI=1S/C25H25N3O4S/c1-2-32-25(31)28-13-12-19-20(15-28)33-24(21(19)22(26)29)27-23(30)18-10-8-17(9-11-18)14-16-6-4-3-5-7-16/h3-11H,2,12-15H2,1H3,(H2,26,29)(H,27,30). The Bertz CT molecular complexity index is 1170. The van der Waals surface area contributed by atoms with Crippen molar-refractivity contribution in [3.05, 3.63) is 87.3 Å². The summed E-state index contributed by atoms with van der Waals surface area (Å²) in [7, 11) is 0. The van der Waals surface area contributed by atoms with Crippen molar-refractivity contribution < 1.29 is 19.1 Å². The summed E-state index contributed by atoms with van der Waals surface area (Å²) in [6.07, 6.45) is 0.870. The van der Waals surface area contributed by atoms with Gasteiger partial charge in [-0.15, -0.1) is 11.3 Å². The Hall–Kier alpha value is -3.65. The second-order valence-electron chi connectivity index (χ2n) is 7.76. The lowest BCUT2D eigenvalue weighted by atomic mass is 10.0. The van der Waals surface area contributed by atoms with Crippen LogP contribution >= 0.6 is 11.3 Å². The molecule has 7 nitrogen and oxygen atoms in total. The zero-order valence-electron chi connectivity index (χ0n) is 18.3. The lowest BCUT2D eigenvalue weighted by molar-refractivity contribution is 0.0997. The maximum absolute atomic E-state index is 12.9. The third-order valence-electron chi connectivity index (χ3n) is 5.52. The molecular formula is C25H25N3O4S. The van der Waals surface area contributed by atoms with E-state index in [2.05, 4.69) is 17.4 Å². The predicted molar refractivity (Wildman–Crippen MR) is 128 cm³/mol. The molecule has 0 saturated heterocycles. The van der Waals surface area contributed by atoms with Gasteiger partial charge in [0.05, 0.1) is 18.7 Å². The fourth-order valence-corrected chi connectivity index (χ4v) is 5.17. The first-order valence-corrected chi connectivity index (χ1v) is 11.6. The molecule has 3 aromatic rings. The average molecular weight is 464 g/mol. The van der Waals surface area contributed by atoms with Crippen LogP contribution in [-0.2, 0) is 24.1 Å². The summed E-state index contributed by atoms with van der Waals surface area (Å²) in [4.78, 5) is 39.6. The molecule has 0 radical (unpaired) electrons. The molecule has 33 heavy (non-hydrogen) atoms. The van der Waals surface area contributed by atoms with Crippen LogP contribution in [0.4, 0.5) is 9.80 Å². The van der Waals surface area contributed by atoms with Crippen molar-refractivity contribution in [1.29, 1.82) is 0 Å². The predicted octanol–water partition coefficient (Wildman–Crippen LogP) is 4.20. The van der Waals surface area contributed by atoms with Crippen LogP contribution in [0.15, 0.2) is 54.6 Å². The largest absolute Gasteiger partial charge is 0.450 e. The molecule has 4 rings (SSSR count). The molecule has 0 atom stereocenters. The molecule has 3 N–H and O–H groups in total. The van der Waals surface area contributed by atoms with Gasteiger partial charge in [0, 0.05) is 17.0 Å². The SMILES string of the molecule is CCOC(=O)N1CCc2c(sc(NC(=O)c3ccc(Cc4ccccc4)cc3)c2C(N)=O)C1. The summed E-state index contributed by atoms with van der Waals surface area (Å²) in [5.41, 5.74) is 9.55. The number of amides is 3. The van der Waals surface area contributed by atoms with Crippen LogP contribution in [0.3, 0.4) is 0 Å². The molecule has 2 heterocycles. The number of primary amides is 1. The highest BCUT2D eigenvalue weighted by atomic mass is 32.1. The lowest BCUT2D eigenvalue weighted by Crippen LogP contribution is -2.36. The van der Waals surface area contributed by atoms with Gasteiger partial charge in [-0.1, -0.05) is 42.5 Å². The number of hydrogen-bond acceptors (Lipinski definition) is 5. The molecule has 1 aliphatic rings. The molecule has 0 spiro atoms. The average Bonchev–Trinajstić information content (AvgIpc) is 3.17. The molecule has 0 fully saturated rings. The van der Waals surface area contributed by atoms with E-state index in [0.29, 0.717) is 42.2 Å². The third-order valence-corrected chi connectivity index (χ3v) is 6.66. The minimum Gasteiger partial charge on any atom is -0.450 e. The fraction of sp³-hybridized carbons (Fsp3) is 0.240. The van der Waals surface area contributed by atoms with E-state index in [1.807, 2.05) is 30.3 Å². The molecule has 1 aliphatic heterocycles. The topological polar surface area (TPSA) is 102 Å². The molecular weight excluding hydrogens is 438 g/mol. The number of ether oxygens (including phenoxy) is 1. The number of nitrogens with zero attached hydrogens (tertiary/aromatic N) is 1. The number of rotatable bonds is 6. The Morgan fingerprint density at radius 2 is 1.76 bits per heavy atom. The summed E-state index contributed by atoms with van der Waals surface area (Å²) in [6.45, 7) is 2.80. The first-order chi connectivity index (χ1) is 16.0. The number of nitrogens with one attached hydrogen (secondary N) is 1. The Kier molecular flexibility index (Phi) is 6.74. The van der Waals surface area contributed by atoms with E-state index in [1.165, 1.54) is 16.9 Å². The Morgan fingerprint density at radius 3 is 2.42 bits per heavy atom. The highest BCUT2D eigenvalue weighted by Gasteiger charge is 2.30. The van der Waals surface area contributed by atoms with Gasteiger partial charge in [0.15, 0.2) is 0 Å². The van der Waals surface area contributed by atoms with Gasteiger partial charge in [-0.05, 0) is 48.6 Å². The van der Waals surface area contributed by atoms with E-state index in [4.69, 9.17) is 10.5 Å². The van der Waals surface area contributed by atoms with Crippen molar-refractivity contribution in [2.45, 2.75) is 26.3 Å². The summed E-state index contributed by atoms with van der Waals surface area (Å²) < 4.78 is 5.08. The number of nitrogens with two attached hydrogens (primary N) is 1. The van der Waals surface area contributed by atoms with Gasteiger partial charge in [0.1, 0.15) is 5.00 Å². The van der Waals surface area contributed by atoms with Gasteiger partial charge < -0.3 is 20.7 Å². The minimum atomic E-state index is -0.592. The van der Waals surface area contributed by atoms with Crippen molar-refractivity contribution >= 4 is 34.2 Å². The molecule has 1 aromatic heterocycles. The monoisotopic (exact) mass is 463 g/mol. The van der Waals surface area contributed by atoms with Gasteiger partial charge >= 0.3 is 6.09 Å². The number of hydrogen-bond donors (Lipinski definition) is 2. The summed E-state index contributed by atoms with van der Waals surface area (Å²) in [6, 6.07) is 17.5. The number of carbonyl (C=O) groups is 3. The molecule has 3 amide bonds. The van der Waals surface area contributed by atoms with Gasteiger partial charge in [0.2, 0.25) is 0 Å². The van der Waals surface area contributed by atoms with Crippen molar-refractivity contribution in [2.75, 3.05) is 18.5 Å². The highest BCUT2D eigenvalue weighted by Crippen LogP contribution is 2.37. The molecule has 0 unspecified atom stereocenters. The Labute approximate surface area is 196 Å². The second kappa shape index (κ2) is 9.87. The van der Waals surface area contributed by atoms with E-state index >= 15 is 0 Å². The molecule has 170 valence electrons. The first kappa shape index (κ1) is 22.5. The quantitative estimate of drug-likeness (QED) is 0.572. The van der Waals surface area contributed by atoms with Crippen LogP contribution in [-0.4, -0.2) is 36.0 Å². The third kappa shape index (κ3) is 5.06. The normalized spacial score (nSPS) is 12.7. The van der Waals surface area contributed by atoms with Crippen molar-refractivity contribution in [3.63, 3.8) is 0 Å². The zero-order chi connectivity index (χ0) is 23.4. The van der Waals surface area contributed by atoms with Crippen LogP contribution in [0.1, 0.15) is 49.2 Å². The molecule has 2 aromatic carbocycles. The minimum absolute atomic E-state index is 0.296. The lowest BCUT2D eigenvalue weighted by Gasteiger charge is -2.26. The van der Waals surface area contributed by atoms with E-state index < -0.39 is 12.0 Å². The van der Waals surface area contributed by atoms with Crippen LogP contribution in [0.25, 0.3) is 0 Å². The molecule has 8 heteroatoms. The van der Waals surface area contributed by atoms with Gasteiger partial charge in [0.25, 0.3) is 11.8 Å². The second-order valence-corrected chi connectivity index (χ2v) is 8.86. The van der Waals surface area contributed by atoms with Crippen LogP contribution in [0.5, 0.6) is 0 Å². The molecule has 0 saturated carbocycles. The van der Waals surface area contributed by atoms with Gasteiger partial charge in [-0.3, -0.25) is 9.59 Å². The Balaban J connectivity index is 1.50. The first-order valence-electron chi connectivity index (χ1n) is 10.8. The molecule has 0 aliphatic carbocycles. The van der Waals surface area contributed by atoms with E-state index in [1.54, 1.807) is 24.0 Å². The van der Waals surface area contributed by atoms with E-state index in [-0.39, 0.29) is 5.91 Å². The summed E-state index contributed by atoms with van der Waals surface area (Å²) >= 11 is 1.28. The van der Waals surface area contributed by atoms with Crippen molar-refractivity contribution in [2.24, 2.45) is 5.73 Å².